The van der Waals surface area contributed by atoms with E-state index in [1.54, 1.807) is 0 Å². The van der Waals surface area contributed by atoms with Crippen molar-refractivity contribution in [2.45, 2.75) is 25.7 Å². The number of amides is 1. The highest BCUT2D eigenvalue weighted by molar-refractivity contribution is 5.87. The minimum absolute atomic E-state index is 0.135. The summed E-state index contributed by atoms with van der Waals surface area (Å²) in [5.74, 6) is 0.693. The quantitative estimate of drug-likeness (QED) is 0.665. The average Bonchev–Trinajstić information content (AvgIpc) is 3.26. The molecular weight excluding hydrogens is 364 g/mol. The Bertz CT molecular complexity index is 892. The van der Waals surface area contributed by atoms with Gasteiger partial charge in [0.15, 0.2) is 0 Å². The monoisotopic (exact) mass is 390 g/mol. The number of benzene rings is 2. The first kappa shape index (κ1) is 19.2. The van der Waals surface area contributed by atoms with Crippen molar-refractivity contribution in [3.05, 3.63) is 77.7 Å². The first-order valence-electron chi connectivity index (χ1n) is 10.1. The van der Waals surface area contributed by atoms with E-state index in [1.165, 1.54) is 0 Å². The Morgan fingerprint density at radius 2 is 1.41 bits per heavy atom. The zero-order valence-corrected chi connectivity index (χ0v) is 16.9. The van der Waals surface area contributed by atoms with Gasteiger partial charge in [0.2, 0.25) is 11.8 Å². The Balaban J connectivity index is 1.49. The van der Waals surface area contributed by atoms with Crippen molar-refractivity contribution >= 4 is 11.9 Å². The van der Waals surface area contributed by atoms with Crippen molar-refractivity contribution in [1.29, 1.82) is 0 Å². The number of anilines is 1. The summed E-state index contributed by atoms with van der Waals surface area (Å²) in [5, 5.41) is 8.28. The topological polar surface area (TPSA) is 62.5 Å². The molecule has 2 aromatic carbocycles. The molecular formula is C23H26N4O2. The molecule has 1 saturated heterocycles. The summed E-state index contributed by atoms with van der Waals surface area (Å²) in [6.45, 7) is 6.69. The lowest BCUT2D eigenvalue weighted by Crippen LogP contribution is -2.50. The summed E-state index contributed by atoms with van der Waals surface area (Å²) in [4.78, 5) is 17.5. The number of aromatic nitrogens is 2. The molecule has 0 unspecified atom stereocenters. The Morgan fingerprint density at radius 3 is 1.90 bits per heavy atom. The van der Waals surface area contributed by atoms with Crippen molar-refractivity contribution in [2.75, 3.05) is 31.1 Å². The van der Waals surface area contributed by atoms with E-state index in [4.69, 9.17) is 4.42 Å². The first-order chi connectivity index (χ1) is 14.1. The number of carbonyl (C=O) groups is 1. The van der Waals surface area contributed by atoms with Gasteiger partial charge in [-0.2, -0.15) is 0 Å². The molecule has 0 aliphatic carbocycles. The summed E-state index contributed by atoms with van der Waals surface area (Å²) in [7, 11) is 0. The van der Waals surface area contributed by atoms with Crippen LogP contribution in [0, 0.1) is 0 Å². The molecule has 4 rings (SSSR count). The van der Waals surface area contributed by atoms with Gasteiger partial charge in [0, 0.05) is 32.1 Å². The minimum atomic E-state index is -0.292. The number of rotatable bonds is 5. The van der Waals surface area contributed by atoms with Crippen LogP contribution in [0.4, 0.5) is 6.01 Å². The van der Waals surface area contributed by atoms with Crippen molar-refractivity contribution in [2.24, 2.45) is 0 Å². The number of carbonyl (C=O) groups excluding carboxylic acids is 1. The fraction of sp³-hybridized carbons (Fsp3) is 0.348. The highest BCUT2D eigenvalue weighted by Crippen LogP contribution is 2.28. The number of piperazine rings is 1. The lowest BCUT2D eigenvalue weighted by molar-refractivity contribution is -0.132. The van der Waals surface area contributed by atoms with E-state index in [0.717, 1.165) is 11.1 Å². The molecule has 1 aliphatic rings. The van der Waals surface area contributed by atoms with Gasteiger partial charge in [-0.15, -0.1) is 5.10 Å². The van der Waals surface area contributed by atoms with Crippen LogP contribution in [-0.4, -0.2) is 47.2 Å². The normalized spacial score (nSPS) is 14.6. The lowest BCUT2D eigenvalue weighted by Gasteiger charge is -2.35. The Hall–Kier alpha value is -3.15. The molecule has 1 aromatic heterocycles. The van der Waals surface area contributed by atoms with Gasteiger partial charge in [0.05, 0.1) is 5.92 Å². The van der Waals surface area contributed by atoms with Crippen LogP contribution in [0.3, 0.4) is 0 Å². The van der Waals surface area contributed by atoms with Crippen LogP contribution >= 0.6 is 0 Å². The van der Waals surface area contributed by atoms with Gasteiger partial charge in [-0.05, 0) is 11.1 Å². The van der Waals surface area contributed by atoms with E-state index in [2.05, 4.69) is 15.1 Å². The molecule has 150 valence electrons. The van der Waals surface area contributed by atoms with Gasteiger partial charge in [-0.25, -0.2) is 0 Å². The van der Waals surface area contributed by atoms with Crippen molar-refractivity contribution in [1.82, 2.24) is 15.1 Å². The van der Waals surface area contributed by atoms with E-state index < -0.39 is 0 Å². The van der Waals surface area contributed by atoms with Gasteiger partial charge in [-0.1, -0.05) is 79.6 Å². The fourth-order valence-corrected chi connectivity index (χ4v) is 3.66. The third-order valence-electron chi connectivity index (χ3n) is 5.30. The standard InChI is InChI=1S/C23H26N4O2/c1-17(2)21-24-25-23(29-21)27-15-13-26(14-16-27)22(28)20(18-9-5-3-6-10-18)19-11-7-4-8-12-19/h3-12,17,20H,13-16H2,1-2H3. The second-order valence-corrected chi connectivity index (χ2v) is 7.64. The maximum Gasteiger partial charge on any atom is 0.318 e. The smallest absolute Gasteiger partial charge is 0.318 e. The largest absolute Gasteiger partial charge is 0.408 e. The molecule has 0 N–H and O–H groups in total. The van der Waals surface area contributed by atoms with Gasteiger partial charge in [0.25, 0.3) is 0 Å². The molecule has 1 fully saturated rings. The highest BCUT2D eigenvalue weighted by atomic mass is 16.4. The summed E-state index contributed by atoms with van der Waals surface area (Å²) in [6.07, 6.45) is 0. The van der Waals surface area contributed by atoms with Crippen LogP contribution in [0.2, 0.25) is 0 Å². The van der Waals surface area contributed by atoms with Crippen LogP contribution in [-0.2, 0) is 4.79 Å². The summed E-state index contributed by atoms with van der Waals surface area (Å²) in [5.41, 5.74) is 2.04. The van der Waals surface area contributed by atoms with Gasteiger partial charge in [-0.3, -0.25) is 4.79 Å². The van der Waals surface area contributed by atoms with E-state index >= 15 is 0 Å². The van der Waals surface area contributed by atoms with Crippen LogP contribution < -0.4 is 4.90 Å². The van der Waals surface area contributed by atoms with Crippen molar-refractivity contribution in [3.63, 3.8) is 0 Å². The maximum absolute atomic E-state index is 13.5. The van der Waals surface area contributed by atoms with E-state index in [1.807, 2.05) is 79.4 Å². The molecule has 0 spiro atoms. The third-order valence-corrected chi connectivity index (χ3v) is 5.30. The lowest BCUT2D eigenvalue weighted by atomic mass is 9.90. The zero-order chi connectivity index (χ0) is 20.2. The molecule has 2 heterocycles. The molecule has 6 heteroatoms. The van der Waals surface area contributed by atoms with Gasteiger partial charge >= 0.3 is 6.01 Å². The predicted octanol–water partition coefficient (Wildman–Crippen LogP) is 3.67. The SMILES string of the molecule is CC(C)c1nnc(N2CCN(C(=O)C(c3ccccc3)c3ccccc3)CC2)o1. The summed E-state index contributed by atoms with van der Waals surface area (Å²) < 4.78 is 5.77. The molecule has 3 aromatic rings. The zero-order valence-electron chi connectivity index (χ0n) is 16.9. The molecule has 6 nitrogen and oxygen atoms in total. The van der Waals surface area contributed by atoms with Crippen LogP contribution in [0.15, 0.2) is 65.1 Å². The highest BCUT2D eigenvalue weighted by Gasteiger charge is 2.31. The Morgan fingerprint density at radius 1 is 0.862 bits per heavy atom. The van der Waals surface area contributed by atoms with E-state index in [-0.39, 0.29) is 17.7 Å². The molecule has 1 aliphatic heterocycles. The summed E-state index contributed by atoms with van der Waals surface area (Å²) >= 11 is 0. The molecule has 1 amide bonds. The predicted molar refractivity (Wildman–Crippen MR) is 112 cm³/mol. The molecule has 0 saturated carbocycles. The van der Waals surface area contributed by atoms with E-state index in [0.29, 0.717) is 38.1 Å². The molecule has 0 bridgehead atoms. The van der Waals surface area contributed by atoms with Crippen molar-refractivity contribution < 1.29 is 9.21 Å². The average molecular weight is 390 g/mol. The van der Waals surface area contributed by atoms with Gasteiger partial charge in [0.1, 0.15) is 0 Å². The second-order valence-electron chi connectivity index (χ2n) is 7.64. The molecule has 0 radical (unpaired) electrons. The van der Waals surface area contributed by atoms with Gasteiger partial charge < -0.3 is 14.2 Å². The number of hydrogen-bond donors (Lipinski definition) is 0. The first-order valence-corrected chi connectivity index (χ1v) is 10.1. The molecule has 0 atom stereocenters. The van der Waals surface area contributed by atoms with Crippen LogP contribution in [0.1, 0.15) is 42.7 Å². The van der Waals surface area contributed by atoms with Crippen LogP contribution in [0.25, 0.3) is 0 Å². The number of nitrogens with zero attached hydrogens (tertiary/aromatic N) is 4. The van der Waals surface area contributed by atoms with Crippen LogP contribution in [0.5, 0.6) is 0 Å². The fourth-order valence-electron chi connectivity index (χ4n) is 3.66. The second kappa shape index (κ2) is 8.47. The van der Waals surface area contributed by atoms with Crippen molar-refractivity contribution in [3.8, 4) is 0 Å². The molecule has 29 heavy (non-hydrogen) atoms. The Labute approximate surface area is 171 Å². The van der Waals surface area contributed by atoms with E-state index in [9.17, 15) is 4.79 Å². The maximum atomic E-state index is 13.5. The summed E-state index contributed by atoms with van der Waals surface area (Å²) in [6, 6.07) is 20.5. The third kappa shape index (κ3) is 4.16. The minimum Gasteiger partial charge on any atom is -0.408 e. The number of hydrogen-bond acceptors (Lipinski definition) is 5. The Kier molecular flexibility index (Phi) is 5.60.